The van der Waals surface area contributed by atoms with E-state index in [1.54, 1.807) is 32.9 Å². The lowest BCUT2D eigenvalue weighted by atomic mass is 10.2. The van der Waals surface area contributed by atoms with E-state index in [1.165, 1.54) is 18.9 Å². The number of benzene rings is 2. The minimum absolute atomic E-state index is 0.0419. The van der Waals surface area contributed by atoms with Gasteiger partial charge in [0.15, 0.2) is 0 Å². The van der Waals surface area contributed by atoms with Gasteiger partial charge < -0.3 is 9.47 Å². The van der Waals surface area contributed by atoms with Crippen molar-refractivity contribution in [2.45, 2.75) is 49.4 Å². The fourth-order valence-corrected chi connectivity index (χ4v) is 5.49. The zero-order valence-electron chi connectivity index (χ0n) is 19.9. The largest absolute Gasteiger partial charge is 0.489 e. The van der Waals surface area contributed by atoms with Gasteiger partial charge in [0.25, 0.3) is 10.0 Å². The molecule has 1 aliphatic heterocycles. The van der Waals surface area contributed by atoms with Crippen LogP contribution in [0.1, 0.15) is 33.6 Å². The van der Waals surface area contributed by atoms with Crippen LogP contribution in [0.25, 0.3) is 0 Å². The molecule has 0 bridgehead atoms. The van der Waals surface area contributed by atoms with Crippen molar-refractivity contribution in [3.05, 3.63) is 47.2 Å². The summed E-state index contributed by atoms with van der Waals surface area (Å²) >= 11 is 7.60. The lowest BCUT2D eigenvalue weighted by Crippen LogP contribution is -2.38. The zero-order valence-corrected chi connectivity index (χ0v) is 22.3. The number of anilines is 2. The number of halogens is 2. The molecular formula is C23H29ClFN3O5S2. The second-order valence-electron chi connectivity index (χ2n) is 8.83. The van der Waals surface area contributed by atoms with Crippen LogP contribution in [0.4, 0.5) is 20.6 Å². The van der Waals surface area contributed by atoms with Crippen molar-refractivity contribution >= 4 is 51.0 Å². The van der Waals surface area contributed by atoms with Gasteiger partial charge >= 0.3 is 6.09 Å². The molecule has 0 saturated heterocycles. The number of nitrogens with one attached hydrogen (secondary N) is 2. The van der Waals surface area contributed by atoms with Crippen LogP contribution in [0.2, 0.25) is 5.02 Å². The van der Waals surface area contributed by atoms with Gasteiger partial charge in [-0.05, 0) is 77.1 Å². The molecule has 0 spiro atoms. The first-order valence-electron chi connectivity index (χ1n) is 11.0. The highest BCUT2D eigenvalue weighted by molar-refractivity contribution is 7.98. The summed E-state index contributed by atoms with van der Waals surface area (Å²) in [5, 5.41) is 3.23. The number of hydrogen-bond acceptors (Lipinski definition) is 7. The van der Waals surface area contributed by atoms with Gasteiger partial charge in [-0.25, -0.2) is 17.6 Å². The predicted molar refractivity (Wildman–Crippen MR) is 137 cm³/mol. The number of carbonyl (C=O) groups excluding carboxylic acids is 1. The fraction of sp³-hybridized carbons (Fsp3) is 0.435. The van der Waals surface area contributed by atoms with Crippen molar-refractivity contribution < 1.29 is 27.1 Å². The number of carbonyl (C=O) groups is 1. The van der Waals surface area contributed by atoms with Crippen molar-refractivity contribution in [3.8, 4) is 5.75 Å². The van der Waals surface area contributed by atoms with Crippen LogP contribution >= 0.6 is 23.5 Å². The number of nitrogens with zero attached hydrogens (tertiary/aromatic N) is 1. The number of rotatable bonds is 5. The van der Waals surface area contributed by atoms with Gasteiger partial charge in [0.05, 0.1) is 22.2 Å². The molecule has 1 saturated carbocycles. The fourth-order valence-electron chi connectivity index (χ4n) is 3.06. The van der Waals surface area contributed by atoms with Crippen LogP contribution < -0.4 is 19.1 Å². The van der Waals surface area contributed by atoms with E-state index in [4.69, 9.17) is 21.1 Å². The lowest BCUT2D eigenvalue weighted by molar-refractivity contribution is 0.0636. The third-order valence-corrected chi connectivity index (χ3v) is 7.85. The highest BCUT2D eigenvalue weighted by atomic mass is 35.5. The second kappa shape index (κ2) is 11.2. The monoisotopic (exact) mass is 545 g/mol. The lowest BCUT2D eigenvalue weighted by Gasteiger charge is -2.31. The normalized spacial score (nSPS) is 15.3. The Kier molecular flexibility index (Phi) is 8.79. The summed E-state index contributed by atoms with van der Waals surface area (Å²) < 4.78 is 54.6. The molecule has 1 fully saturated rings. The van der Waals surface area contributed by atoms with Gasteiger partial charge in [0, 0.05) is 10.9 Å². The Morgan fingerprint density at radius 3 is 2.51 bits per heavy atom. The standard InChI is InChI=1S/C19H20ClFN2O5S.C4H9NS/c1-19(2,3)28-18(24)22-12-4-7-17-16(10-12)23(8-9-27-17)29(25,26)13-5-6-15(21)14(20)11-13;1-5-6-4-2-3-4/h4-7,10-11H,8-9H2,1-3H3,(H,22,24);4-5H,2-3H2,1H3. The van der Waals surface area contributed by atoms with Crippen molar-refractivity contribution in [1.29, 1.82) is 0 Å². The molecule has 12 heteroatoms. The van der Waals surface area contributed by atoms with Crippen LogP contribution in [0, 0.1) is 5.82 Å². The van der Waals surface area contributed by atoms with Gasteiger partial charge in [-0.2, -0.15) is 0 Å². The Hall–Kier alpha value is -2.21. The van der Waals surface area contributed by atoms with E-state index in [0.717, 1.165) is 27.8 Å². The molecule has 2 aliphatic rings. The van der Waals surface area contributed by atoms with Crippen LogP contribution in [-0.4, -0.2) is 45.6 Å². The molecule has 4 rings (SSSR count). The van der Waals surface area contributed by atoms with E-state index >= 15 is 0 Å². The molecule has 1 heterocycles. The SMILES string of the molecule is CC(C)(C)OC(=O)Nc1ccc2c(c1)N(S(=O)(=O)c1ccc(F)c(Cl)c1)CCO2.CNSC1CC1. The van der Waals surface area contributed by atoms with Gasteiger partial charge in [0.1, 0.15) is 23.8 Å². The van der Waals surface area contributed by atoms with Crippen molar-refractivity contribution in [2.24, 2.45) is 0 Å². The molecule has 192 valence electrons. The van der Waals surface area contributed by atoms with Crippen LogP contribution in [0.15, 0.2) is 41.3 Å². The minimum Gasteiger partial charge on any atom is -0.489 e. The van der Waals surface area contributed by atoms with Gasteiger partial charge in [0.2, 0.25) is 0 Å². The quantitative estimate of drug-likeness (QED) is 0.483. The Morgan fingerprint density at radius 2 is 1.94 bits per heavy atom. The number of ether oxygens (including phenoxy) is 2. The minimum atomic E-state index is -4.03. The molecule has 2 N–H and O–H groups in total. The average Bonchev–Trinajstić information content (AvgIpc) is 3.58. The molecule has 2 aromatic carbocycles. The predicted octanol–water partition coefficient (Wildman–Crippen LogP) is 5.43. The van der Waals surface area contributed by atoms with Crippen molar-refractivity contribution in [1.82, 2.24) is 4.72 Å². The van der Waals surface area contributed by atoms with Gasteiger partial charge in [-0.3, -0.25) is 14.3 Å². The summed E-state index contributed by atoms with van der Waals surface area (Å²) in [6.07, 6.45) is 2.17. The molecule has 0 radical (unpaired) electrons. The third kappa shape index (κ3) is 7.63. The van der Waals surface area contributed by atoms with E-state index in [1.807, 2.05) is 19.0 Å². The summed E-state index contributed by atoms with van der Waals surface area (Å²) in [7, 11) is -2.06. The van der Waals surface area contributed by atoms with Crippen LogP contribution in [0.3, 0.4) is 0 Å². The molecule has 8 nitrogen and oxygen atoms in total. The summed E-state index contributed by atoms with van der Waals surface area (Å²) in [5.41, 5.74) is -0.107. The number of sulfonamides is 1. The molecular weight excluding hydrogens is 517 g/mol. The number of fused-ring (bicyclic) bond motifs is 1. The highest BCUT2D eigenvalue weighted by Crippen LogP contribution is 2.38. The van der Waals surface area contributed by atoms with Crippen molar-refractivity contribution in [2.75, 3.05) is 29.8 Å². The second-order valence-corrected chi connectivity index (χ2v) is 12.4. The van der Waals surface area contributed by atoms with Gasteiger partial charge in [-0.15, -0.1) is 0 Å². The van der Waals surface area contributed by atoms with E-state index in [-0.39, 0.29) is 28.8 Å². The van der Waals surface area contributed by atoms with Crippen molar-refractivity contribution in [3.63, 3.8) is 0 Å². The number of hydrogen-bond donors (Lipinski definition) is 2. The average molecular weight is 546 g/mol. The Bertz CT molecular complexity index is 1170. The molecule has 35 heavy (non-hydrogen) atoms. The number of amides is 1. The molecule has 0 unspecified atom stereocenters. The van der Waals surface area contributed by atoms with E-state index < -0.39 is 27.5 Å². The zero-order chi connectivity index (χ0) is 25.8. The van der Waals surface area contributed by atoms with Crippen LogP contribution in [-0.2, 0) is 14.8 Å². The molecule has 1 aliphatic carbocycles. The Morgan fingerprint density at radius 1 is 1.23 bits per heavy atom. The first-order chi connectivity index (χ1) is 16.4. The maximum atomic E-state index is 13.4. The molecule has 2 aromatic rings. The first kappa shape index (κ1) is 27.4. The molecule has 0 aromatic heterocycles. The van der Waals surface area contributed by atoms with E-state index in [0.29, 0.717) is 11.4 Å². The van der Waals surface area contributed by atoms with E-state index in [9.17, 15) is 17.6 Å². The molecule has 0 atom stereocenters. The maximum absolute atomic E-state index is 13.4. The Labute approximate surface area is 214 Å². The van der Waals surface area contributed by atoms with Crippen LogP contribution in [0.5, 0.6) is 5.75 Å². The highest BCUT2D eigenvalue weighted by Gasteiger charge is 2.31. The topological polar surface area (TPSA) is 97.0 Å². The van der Waals surface area contributed by atoms with E-state index in [2.05, 4.69) is 10.0 Å². The smallest absolute Gasteiger partial charge is 0.412 e. The third-order valence-electron chi connectivity index (χ3n) is 4.71. The summed E-state index contributed by atoms with van der Waals surface area (Å²) in [6, 6.07) is 7.81. The Balaban J connectivity index is 0.000000497. The molecule has 1 amide bonds. The summed E-state index contributed by atoms with van der Waals surface area (Å²) in [4.78, 5) is 11.9. The maximum Gasteiger partial charge on any atom is 0.412 e. The summed E-state index contributed by atoms with van der Waals surface area (Å²) in [5.74, 6) is -0.375. The van der Waals surface area contributed by atoms with Gasteiger partial charge in [-0.1, -0.05) is 23.5 Å². The summed E-state index contributed by atoms with van der Waals surface area (Å²) in [6.45, 7) is 5.38. The first-order valence-corrected chi connectivity index (χ1v) is 13.7.